The largest absolute Gasteiger partial charge is 0.493 e. The summed E-state index contributed by atoms with van der Waals surface area (Å²) in [5, 5.41) is 10.6. The quantitative estimate of drug-likeness (QED) is 0.575. The van der Waals surface area contributed by atoms with Crippen molar-refractivity contribution in [3.63, 3.8) is 0 Å². The molecule has 1 heterocycles. The van der Waals surface area contributed by atoms with E-state index in [4.69, 9.17) is 4.74 Å². The van der Waals surface area contributed by atoms with Crippen LogP contribution < -0.4 is 9.04 Å². The van der Waals surface area contributed by atoms with Gasteiger partial charge < -0.3 is 9.84 Å². The minimum atomic E-state index is -4.09. The molecule has 5 rings (SSSR count). The fourth-order valence-corrected chi connectivity index (χ4v) is 5.64. The second-order valence-electron chi connectivity index (χ2n) is 8.36. The Bertz CT molecular complexity index is 1350. The van der Waals surface area contributed by atoms with Crippen molar-refractivity contribution in [1.82, 2.24) is 4.31 Å². The number of ketones is 1. The van der Waals surface area contributed by atoms with E-state index < -0.39 is 10.2 Å². The molecule has 0 unspecified atom stereocenters. The summed E-state index contributed by atoms with van der Waals surface area (Å²) >= 11 is 0. The minimum absolute atomic E-state index is 0.00164. The van der Waals surface area contributed by atoms with Crippen LogP contribution in [-0.4, -0.2) is 23.6 Å². The number of aryl methyl sites for hydroxylation is 1. The molecule has 34 heavy (non-hydrogen) atoms. The van der Waals surface area contributed by atoms with Crippen molar-refractivity contribution in [2.45, 2.75) is 32.4 Å². The molecule has 174 valence electrons. The number of ether oxygens (including phenoxy) is 1. The van der Waals surface area contributed by atoms with Gasteiger partial charge in [0.15, 0.2) is 0 Å². The zero-order valence-corrected chi connectivity index (χ0v) is 19.2. The molecule has 0 aromatic heterocycles. The van der Waals surface area contributed by atoms with E-state index in [0.29, 0.717) is 30.7 Å². The van der Waals surface area contributed by atoms with E-state index in [2.05, 4.69) is 0 Å². The fraction of sp³-hybridized carbons (Fsp3) is 0.192. The molecule has 3 aromatic rings. The molecule has 1 N–H and O–H groups in total. The van der Waals surface area contributed by atoms with Crippen LogP contribution >= 0.6 is 0 Å². The first-order valence-corrected chi connectivity index (χ1v) is 12.4. The van der Waals surface area contributed by atoms with Gasteiger partial charge in [0.1, 0.15) is 23.8 Å². The van der Waals surface area contributed by atoms with Crippen molar-refractivity contribution in [2.75, 3.05) is 4.31 Å². The number of benzene rings is 3. The van der Waals surface area contributed by atoms with E-state index >= 15 is 0 Å². The van der Waals surface area contributed by atoms with Crippen LogP contribution in [0.4, 0.5) is 5.69 Å². The van der Waals surface area contributed by atoms with E-state index in [1.54, 1.807) is 24.3 Å². The van der Waals surface area contributed by atoms with Gasteiger partial charge in [-0.05, 0) is 40.8 Å². The van der Waals surface area contributed by atoms with Crippen LogP contribution in [0.15, 0.2) is 84.9 Å². The predicted octanol–water partition coefficient (Wildman–Crippen LogP) is 4.25. The van der Waals surface area contributed by atoms with Gasteiger partial charge in [-0.15, -0.1) is 0 Å². The van der Waals surface area contributed by atoms with Gasteiger partial charge in [-0.1, -0.05) is 60.7 Å². The zero-order chi connectivity index (χ0) is 23.7. The number of aliphatic hydroxyl groups is 1. The summed E-state index contributed by atoms with van der Waals surface area (Å²) in [5.74, 6) is 0.117. The minimum Gasteiger partial charge on any atom is -0.493 e. The first-order valence-electron chi connectivity index (χ1n) is 11.0. The van der Waals surface area contributed by atoms with E-state index in [1.165, 1.54) is 6.20 Å². The number of hydrogen-bond acceptors (Lipinski definition) is 5. The average Bonchev–Trinajstić information content (AvgIpc) is 3.06. The molecule has 3 aromatic carbocycles. The number of carbonyl (C=O) groups excluding carboxylic acids is 1. The molecule has 0 atom stereocenters. The van der Waals surface area contributed by atoms with Crippen LogP contribution in [-0.2, 0) is 41.0 Å². The van der Waals surface area contributed by atoms with Crippen LogP contribution in [0.2, 0.25) is 0 Å². The van der Waals surface area contributed by atoms with Crippen LogP contribution in [0.3, 0.4) is 0 Å². The van der Waals surface area contributed by atoms with Crippen LogP contribution in [0, 0.1) is 0 Å². The number of rotatable bonds is 6. The monoisotopic (exact) mass is 476 g/mol. The van der Waals surface area contributed by atoms with E-state index in [1.807, 2.05) is 48.5 Å². The van der Waals surface area contributed by atoms with Gasteiger partial charge in [-0.3, -0.25) is 4.79 Å². The van der Waals surface area contributed by atoms with Gasteiger partial charge in [0, 0.05) is 12.8 Å². The molecule has 0 bridgehead atoms. The number of anilines is 1. The Balaban J connectivity index is 1.52. The summed E-state index contributed by atoms with van der Waals surface area (Å²) in [6.07, 6.45) is 2.46. The Morgan fingerprint density at radius 2 is 1.56 bits per heavy atom. The highest BCUT2D eigenvalue weighted by atomic mass is 32.2. The lowest BCUT2D eigenvalue weighted by atomic mass is 9.90. The highest BCUT2D eigenvalue weighted by Gasteiger charge is 2.39. The van der Waals surface area contributed by atoms with Crippen molar-refractivity contribution in [2.24, 2.45) is 0 Å². The second kappa shape index (κ2) is 8.87. The standard InChI is InChI=1S/C26H24N2O5S/c29-23-12-11-21-14-24(25(15-22(21)13-23)33-18-20-9-5-2-6-10-20)27-17-26(30)28(34(27,31)32)16-19-7-3-1-4-8-19/h1-10,14-15,17,30H,11-13,16,18H2. The molecule has 0 spiro atoms. The first-order chi connectivity index (χ1) is 16.4. The van der Waals surface area contributed by atoms with Gasteiger partial charge in [-0.2, -0.15) is 8.42 Å². The Labute approximate surface area is 198 Å². The van der Waals surface area contributed by atoms with Gasteiger partial charge >= 0.3 is 10.2 Å². The van der Waals surface area contributed by atoms with Crippen LogP contribution in [0.1, 0.15) is 28.7 Å². The van der Waals surface area contributed by atoms with Gasteiger partial charge in [0.2, 0.25) is 5.88 Å². The molecular weight excluding hydrogens is 452 g/mol. The Morgan fingerprint density at radius 1 is 0.882 bits per heavy atom. The summed E-state index contributed by atoms with van der Waals surface area (Å²) in [5.41, 5.74) is 3.74. The molecule has 1 aliphatic carbocycles. The molecule has 1 aliphatic heterocycles. The second-order valence-corrected chi connectivity index (χ2v) is 10.1. The summed E-state index contributed by atoms with van der Waals surface area (Å²) in [7, 11) is -4.09. The van der Waals surface area contributed by atoms with Crippen molar-refractivity contribution < 1.29 is 23.1 Å². The van der Waals surface area contributed by atoms with Crippen molar-refractivity contribution >= 4 is 21.7 Å². The SMILES string of the molecule is O=C1CCc2cc(N3C=C(O)N(Cc4ccccc4)S3(=O)=O)c(OCc3ccccc3)cc2C1. The molecule has 0 saturated carbocycles. The molecule has 2 aliphatic rings. The number of fused-ring (bicyclic) bond motifs is 1. The molecule has 8 heteroatoms. The fourth-order valence-electron chi connectivity index (χ4n) is 4.21. The lowest BCUT2D eigenvalue weighted by Crippen LogP contribution is -2.34. The van der Waals surface area contributed by atoms with Gasteiger partial charge in [0.05, 0.1) is 12.7 Å². The molecule has 0 saturated heterocycles. The van der Waals surface area contributed by atoms with Crippen molar-refractivity contribution in [3.8, 4) is 5.75 Å². The molecular formula is C26H24N2O5S. The van der Waals surface area contributed by atoms with Crippen LogP contribution in [0.25, 0.3) is 0 Å². The summed E-state index contributed by atoms with van der Waals surface area (Å²) in [6.45, 7) is 0.236. The highest BCUT2D eigenvalue weighted by molar-refractivity contribution is 7.91. The number of nitrogens with zero attached hydrogens (tertiary/aromatic N) is 2. The van der Waals surface area contributed by atoms with Gasteiger partial charge in [0.25, 0.3) is 0 Å². The molecule has 7 nitrogen and oxygen atoms in total. The maximum absolute atomic E-state index is 13.5. The number of hydrogen-bond donors (Lipinski definition) is 1. The third kappa shape index (κ3) is 4.24. The summed E-state index contributed by atoms with van der Waals surface area (Å²) in [6, 6.07) is 22.1. The average molecular weight is 477 g/mol. The third-order valence-electron chi connectivity index (χ3n) is 6.00. The predicted molar refractivity (Wildman–Crippen MR) is 128 cm³/mol. The van der Waals surface area contributed by atoms with E-state index in [9.17, 15) is 18.3 Å². The molecule has 0 radical (unpaired) electrons. The Hall–Kier alpha value is -3.78. The summed E-state index contributed by atoms with van der Waals surface area (Å²) in [4.78, 5) is 12.0. The van der Waals surface area contributed by atoms with E-state index in [0.717, 1.165) is 30.9 Å². The van der Waals surface area contributed by atoms with Crippen molar-refractivity contribution in [3.05, 3.63) is 107 Å². The summed E-state index contributed by atoms with van der Waals surface area (Å²) < 4.78 is 35.1. The van der Waals surface area contributed by atoms with Crippen LogP contribution in [0.5, 0.6) is 5.75 Å². The van der Waals surface area contributed by atoms with Gasteiger partial charge in [-0.25, -0.2) is 8.61 Å². The molecule has 0 fully saturated rings. The number of Topliss-reactive ketones (excluding diaryl/α,β-unsaturated/α-hetero) is 1. The lowest BCUT2D eigenvalue weighted by molar-refractivity contribution is -0.118. The smallest absolute Gasteiger partial charge is 0.333 e. The lowest BCUT2D eigenvalue weighted by Gasteiger charge is -2.25. The third-order valence-corrected chi connectivity index (χ3v) is 7.67. The Morgan fingerprint density at radius 3 is 2.26 bits per heavy atom. The maximum atomic E-state index is 13.5. The zero-order valence-electron chi connectivity index (χ0n) is 18.4. The topological polar surface area (TPSA) is 87.2 Å². The highest BCUT2D eigenvalue weighted by Crippen LogP contribution is 2.40. The number of aliphatic hydroxyl groups excluding tert-OH is 1. The normalized spacial score (nSPS) is 16.8. The number of carbonyl (C=O) groups is 1. The molecule has 0 amide bonds. The van der Waals surface area contributed by atoms with Crippen molar-refractivity contribution in [1.29, 1.82) is 0 Å². The first kappa shape index (κ1) is 22.0. The Kier molecular flexibility index (Phi) is 5.75. The van der Waals surface area contributed by atoms with E-state index in [-0.39, 0.29) is 24.8 Å². The maximum Gasteiger partial charge on any atom is 0.333 e.